The zero-order valence-electron chi connectivity index (χ0n) is 30.9. The van der Waals surface area contributed by atoms with Crippen molar-refractivity contribution < 1.29 is 52.8 Å². The Labute approximate surface area is 296 Å². The molecule has 1 heterocycles. The van der Waals surface area contributed by atoms with Crippen LogP contribution in [-0.4, -0.2) is 90.6 Å². The number of esters is 3. The topological polar surface area (TPSA) is 155 Å². The Balaban J connectivity index is 1.88. The second-order valence-corrected chi connectivity index (χ2v) is 20.1. The Morgan fingerprint density at radius 3 is 2.14 bits per heavy atom. The summed E-state index contributed by atoms with van der Waals surface area (Å²) in [6.45, 7) is 15.8. The summed E-state index contributed by atoms with van der Waals surface area (Å²) in [6.07, 6.45) is -6.06. The molecule has 0 spiro atoms. The summed E-state index contributed by atoms with van der Waals surface area (Å²) in [5.41, 5.74) is -5.81. The van der Waals surface area contributed by atoms with Crippen LogP contribution in [0, 0.1) is 16.7 Å². The standard InChI is InChI=1S/C38H54O11Si/c1-10-28(41)46-30-29-22(5)25(40)20-38(44,35(29,7)8)33(47-34(43)24-17-15-14-16-18-24)31-36(9,32(30)42)26(49-50(11-2,12-3)13-4)19-27-37(31,21-45-27)48-23(6)39/h14-18,25-27,30-31,33,40,44H,10-13,19-21H2,1-9H3/t25-,26-,27+,30+,31-,33-,36+,37-,38+/m0/s1. The van der Waals surface area contributed by atoms with Crippen LogP contribution in [0.25, 0.3) is 0 Å². The average molecular weight is 715 g/mol. The minimum absolute atomic E-state index is 0.0223. The highest BCUT2D eigenvalue weighted by atomic mass is 28.4. The van der Waals surface area contributed by atoms with Crippen molar-refractivity contribution >= 4 is 32.0 Å². The van der Waals surface area contributed by atoms with Gasteiger partial charge in [0.2, 0.25) is 0 Å². The number of ether oxygens (including phenoxy) is 4. The molecule has 3 fully saturated rings. The van der Waals surface area contributed by atoms with Crippen LogP contribution >= 0.6 is 0 Å². The number of hydrogen-bond acceptors (Lipinski definition) is 11. The Morgan fingerprint density at radius 2 is 1.62 bits per heavy atom. The molecule has 2 saturated carbocycles. The van der Waals surface area contributed by atoms with E-state index in [4.69, 9.17) is 23.4 Å². The lowest BCUT2D eigenvalue weighted by molar-refractivity contribution is -0.344. The molecule has 1 saturated heterocycles. The van der Waals surface area contributed by atoms with Gasteiger partial charge in [-0.25, -0.2) is 4.79 Å². The van der Waals surface area contributed by atoms with Gasteiger partial charge in [-0.05, 0) is 55.3 Å². The van der Waals surface area contributed by atoms with E-state index in [1.807, 2.05) is 0 Å². The van der Waals surface area contributed by atoms with Gasteiger partial charge in [-0.2, -0.15) is 0 Å². The van der Waals surface area contributed by atoms with Crippen LogP contribution in [0.5, 0.6) is 0 Å². The molecule has 1 aromatic carbocycles. The first-order chi connectivity index (χ1) is 23.4. The predicted molar refractivity (Wildman–Crippen MR) is 185 cm³/mol. The molecule has 3 aliphatic carbocycles. The lowest BCUT2D eigenvalue weighted by Gasteiger charge is -2.68. The number of Topliss-reactive ketones (excluding diaryl/α,β-unsaturated/α-hetero) is 1. The number of fused-ring (bicyclic) bond motifs is 5. The van der Waals surface area contributed by atoms with Crippen LogP contribution in [-0.2, 0) is 37.8 Å². The van der Waals surface area contributed by atoms with Gasteiger partial charge in [0.25, 0.3) is 0 Å². The third-order valence-electron chi connectivity index (χ3n) is 12.8. The zero-order valence-corrected chi connectivity index (χ0v) is 31.9. The van der Waals surface area contributed by atoms with E-state index in [0.29, 0.717) is 5.57 Å². The lowest BCUT2D eigenvalue weighted by Crippen LogP contribution is -2.82. The SMILES string of the molecule is CCC(=O)O[C@H]1C(=O)[C@]2(C)[C@@H](O[Si](CC)(CC)CC)C[C@H]3OC[C@@]3(OC(C)=O)[C@H]2[C@H](OC(=O)c2ccccc2)[C@]2(O)C[C@H](O)C(C)=C1C2(C)C. The molecule has 12 heteroatoms. The van der Waals surface area contributed by atoms with Crippen LogP contribution in [0.1, 0.15) is 91.9 Å². The zero-order chi connectivity index (χ0) is 37.0. The first-order valence-corrected chi connectivity index (χ1v) is 20.6. The molecule has 1 aromatic rings. The van der Waals surface area contributed by atoms with Crippen LogP contribution in [0.15, 0.2) is 41.5 Å². The maximum atomic E-state index is 15.8. The number of benzene rings is 1. The molecule has 276 valence electrons. The van der Waals surface area contributed by atoms with Crippen molar-refractivity contribution in [2.75, 3.05) is 6.61 Å². The number of aliphatic hydroxyl groups is 2. The number of rotatable bonds is 10. The van der Waals surface area contributed by atoms with Crippen molar-refractivity contribution in [2.24, 2.45) is 16.7 Å². The quantitative estimate of drug-likeness (QED) is 0.144. The van der Waals surface area contributed by atoms with Gasteiger partial charge in [0.15, 0.2) is 25.8 Å². The van der Waals surface area contributed by atoms with Gasteiger partial charge in [0.1, 0.15) is 17.8 Å². The molecule has 2 bridgehead atoms. The number of ketones is 1. The van der Waals surface area contributed by atoms with Crippen LogP contribution < -0.4 is 0 Å². The van der Waals surface area contributed by atoms with Gasteiger partial charge in [-0.3, -0.25) is 14.4 Å². The molecule has 5 rings (SSSR count). The van der Waals surface area contributed by atoms with Crippen LogP contribution in [0.3, 0.4) is 0 Å². The Bertz CT molecular complexity index is 1530. The van der Waals surface area contributed by atoms with E-state index in [-0.39, 0.29) is 37.0 Å². The highest BCUT2D eigenvalue weighted by molar-refractivity contribution is 6.73. The highest BCUT2D eigenvalue weighted by Gasteiger charge is 2.78. The van der Waals surface area contributed by atoms with E-state index in [1.54, 1.807) is 65.0 Å². The molecule has 4 aliphatic rings. The van der Waals surface area contributed by atoms with E-state index < -0.39 is 90.5 Å². The monoisotopic (exact) mass is 714 g/mol. The van der Waals surface area contributed by atoms with Crippen LogP contribution in [0.2, 0.25) is 18.1 Å². The fourth-order valence-corrected chi connectivity index (χ4v) is 12.4. The molecule has 2 N–H and O–H groups in total. The number of carbonyl (C=O) groups is 4. The molecular formula is C38H54O11Si. The van der Waals surface area contributed by atoms with Crippen molar-refractivity contribution in [1.82, 2.24) is 0 Å². The first kappa shape index (κ1) is 38.3. The first-order valence-electron chi connectivity index (χ1n) is 18.0. The van der Waals surface area contributed by atoms with Crippen molar-refractivity contribution in [3.8, 4) is 0 Å². The minimum Gasteiger partial charge on any atom is -0.455 e. The molecule has 0 aromatic heterocycles. The van der Waals surface area contributed by atoms with E-state index in [2.05, 4.69) is 20.8 Å². The van der Waals surface area contributed by atoms with Gasteiger partial charge < -0.3 is 33.6 Å². The Hall–Kier alpha value is -2.90. The van der Waals surface area contributed by atoms with Gasteiger partial charge >= 0.3 is 17.9 Å². The van der Waals surface area contributed by atoms with Gasteiger partial charge in [0, 0.05) is 31.6 Å². The molecule has 0 radical (unpaired) electrons. The van der Waals surface area contributed by atoms with Crippen molar-refractivity contribution in [3.63, 3.8) is 0 Å². The predicted octanol–water partition coefficient (Wildman–Crippen LogP) is 5.07. The third kappa shape index (κ3) is 5.69. The summed E-state index contributed by atoms with van der Waals surface area (Å²) < 4.78 is 32.1. The Morgan fingerprint density at radius 1 is 1.00 bits per heavy atom. The summed E-state index contributed by atoms with van der Waals surface area (Å²) in [5, 5.41) is 24.9. The largest absolute Gasteiger partial charge is 0.455 e. The summed E-state index contributed by atoms with van der Waals surface area (Å²) in [6, 6.07) is 10.6. The molecule has 50 heavy (non-hydrogen) atoms. The third-order valence-corrected chi connectivity index (χ3v) is 17.4. The van der Waals surface area contributed by atoms with E-state index in [0.717, 1.165) is 18.1 Å². The van der Waals surface area contributed by atoms with Crippen LogP contribution in [0.4, 0.5) is 0 Å². The molecular weight excluding hydrogens is 660 g/mol. The van der Waals surface area contributed by atoms with E-state index in [9.17, 15) is 24.6 Å². The maximum Gasteiger partial charge on any atom is 0.338 e. The molecule has 0 unspecified atom stereocenters. The van der Waals surface area contributed by atoms with Gasteiger partial charge in [-0.1, -0.05) is 59.7 Å². The Kier molecular flexibility index (Phi) is 10.4. The van der Waals surface area contributed by atoms with Crippen molar-refractivity contribution in [1.29, 1.82) is 0 Å². The van der Waals surface area contributed by atoms with Crippen molar-refractivity contribution in [2.45, 2.75) is 141 Å². The lowest BCUT2D eigenvalue weighted by atomic mass is 9.44. The fraction of sp³-hybridized carbons (Fsp3) is 0.684. The number of carbonyl (C=O) groups excluding carboxylic acids is 4. The normalized spacial score (nSPS) is 36.2. The molecule has 11 nitrogen and oxygen atoms in total. The summed E-state index contributed by atoms with van der Waals surface area (Å²) in [5.74, 6) is -3.81. The number of hydrogen-bond donors (Lipinski definition) is 2. The van der Waals surface area contributed by atoms with E-state index in [1.165, 1.54) is 6.92 Å². The fourth-order valence-electron chi connectivity index (χ4n) is 9.41. The maximum absolute atomic E-state index is 15.8. The summed E-state index contributed by atoms with van der Waals surface area (Å²) >= 11 is 0. The highest BCUT2D eigenvalue weighted by Crippen LogP contribution is 2.65. The number of aliphatic hydroxyl groups excluding tert-OH is 1. The van der Waals surface area contributed by atoms with Gasteiger partial charge in [-0.15, -0.1) is 0 Å². The molecule has 0 amide bonds. The van der Waals surface area contributed by atoms with Gasteiger partial charge in [0.05, 0.1) is 35.7 Å². The second-order valence-electron chi connectivity index (χ2n) is 15.3. The second kappa shape index (κ2) is 13.6. The molecule has 1 aliphatic heterocycles. The van der Waals surface area contributed by atoms with E-state index >= 15 is 4.79 Å². The summed E-state index contributed by atoms with van der Waals surface area (Å²) in [7, 11) is -2.48. The summed E-state index contributed by atoms with van der Waals surface area (Å²) in [4.78, 5) is 56.1. The van der Waals surface area contributed by atoms with Crippen molar-refractivity contribution in [3.05, 3.63) is 47.0 Å². The smallest absolute Gasteiger partial charge is 0.338 e. The average Bonchev–Trinajstić information content (AvgIpc) is 3.08. The molecule has 9 atom stereocenters. The minimum atomic E-state index is -2.48.